The average Bonchev–Trinajstić information content (AvgIpc) is 2.55. The normalized spacial score (nSPS) is 17.0. The fourth-order valence-electron chi connectivity index (χ4n) is 2.53. The number of aromatic nitrogens is 2. The molecule has 1 atom stereocenters. The summed E-state index contributed by atoms with van der Waals surface area (Å²) in [6.45, 7) is 6.33. The minimum absolute atomic E-state index is 0.137. The Bertz CT molecular complexity index is 856. The maximum atomic E-state index is 12.9. The van der Waals surface area contributed by atoms with Gasteiger partial charge in [0.2, 0.25) is 5.91 Å². The molecular formula is C18H20FN3O2S. The largest absolute Gasteiger partial charge is 0.326 e. The van der Waals surface area contributed by atoms with E-state index >= 15 is 0 Å². The molecule has 2 aromatic rings. The van der Waals surface area contributed by atoms with E-state index in [1.54, 1.807) is 10.6 Å². The van der Waals surface area contributed by atoms with Crippen LogP contribution < -0.4 is 10.9 Å². The number of fused-ring (bicyclic) bond motifs is 1. The number of anilines is 1. The molecule has 1 aliphatic rings. The van der Waals surface area contributed by atoms with Gasteiger partial charge in [-0.3, -0.25) is 14.2 Å². The number of amides is 1. The Morgan fingerprint density at radius 2 is 2.00 bits per heavy atom. The summed E-state index contributed by atoms with van der Waals surface area (Å²) in [7, 11) is 0. The molecule has 0 fully saturated rings. The summed E-state index contributed by atoms with van der Waals surface area (Å²) in [5, 5.41) is 3.43. The summed E-state index contributed by atoms with van der Waals surface area (Å²) < 4.78 is 14.5. The van der Waals surface area contributed by atoms with Crippen LogP contribution in [-0.2, 0) is 16.8 Å². The van der Waals surface area contributed by atoms with Crippen molar-refractivity contribution in [3.05, 3.63) is 52.2 Å². The monoisotopic (exact) mass is 361 g/mol. The molecule has 1 N–H and O–H groups in total. The van der Waals surface area contributed by atoms with Crippen LogP contribution in [0.25, 0.3) is 0 Å². The maximum absolute atomic E-state index is 12.9. The third-order valence-corrected chi connectivity index (χ3v) is 5.18. The third-order valence-electron chi connectivity index (χ3n) is 4.04. The van der Waals surface area contributed by atoms with Crippen LogP contribution in [0.5, 0.6) is 0 Å². The molecule has 0 saturated carbocycles. The van der Waals surface area contributed by atoms with E-state index in [0.29, 0.717) is 23.1 Å². The number of halogens is 1. The summed E-state index contributed by atoms with van der Waals surface area (Å²) in [6.07, 6.45) is 0. The van der Waals surface area contributed by atoms with Gasteiger partial charge in [-0.2, -0.15) is 0 Å². The van der Waals surface area contributed by atoms with Crippen LogP contribution >= 0.6 is 11.8 Å². The second kappa shape index (κ2) is 6.63. The van der Waals surface area contributed by atoms with Crippen molar-refractivity contribution in [1.29, 1.82) is 0 Å². The van der Waals surface area contributed by atoms with Crippen LogP contribution in [0.1, 0.15) is 26.5 Å². The van der Waals surface area contributed by atoms with Crippen molar-refractivity contribution in [2.45, 2.75) is 37.9 Å². The number of carbonyl (C=O) groups excluding carboxylic acids is 1. The van der Waals surface area contributed by atoms with Crippen LogP contribution in [0.3, 0.4) is 0 Å². The van der Waals surface area contributed by atoms with Gasteiger partial charge in [-0.15, -0.1) is 0 Å². The van der Waals surface area contributed by atoms with Gasteiger partial charge < -0.3 is 5.32 Å². The molecule has 0 radical (unpaired) electrons. The van der Waals surface area contributed by atoms with E-state index in [2.05, 4.69) is 10.3 Å². The average molecular weight is 361 g/mol. The number of benzene rings is 1. The smallest absolute Gasteiger partial charge is 0.254 e. The molecule has 132 valence electrons. The Hall–Kier alpha value is -2.15. The zero-order chi connectivity index (χ0) is 18.2. The predicted molar refractivity (Wildman–Crippen MR) is 96.4 cm³/mol. The van der Waals surface area contributed by atoms with Crippen molar-refractivity contribution in [3.63, 3.8) is 0 Å². The van der Waals surface area contributed by atoms with Crippen LogP contribution in [0.15, 0.2) is 40.3 Å². The lowest BCUT2D eigenvalue weighted by molar-refractivity contribution is -0.119. The highest BCUT2D eigenvalue weighted by atomic mass is 32.2. The second-order valence-electron chi connectivity index (χ2n) is 7.13. The van der Waals surface area contributed by atoms with Crippen molar-refractivity contribution in [3.8, 4) is 0 Å². The Kier molecular flexibility index (Phi) is 4.69. The standard InChI is InChI=1S/C18H20FN3O2S/c1-18(2,3)14-8-15(23)22-9-11(10-25-17(22)21-14)16(24)20-13-6-4-12(19)5-7-13/h4-8,11H,9-10H2,1-3H3,(H,20,24). The third kappa shape index (κ3) is 3.92. The molecule has 0 saturated heterocycles. The molecule has 5 nitrogen and oxygen atoms in total. The minimum atomic E-state index is -0.354. The SMILES string of the molecule is CC(C)(C)c1cc(=O)n2c(n1)SCC(C(=O)Nc1ccc(F)cc1)C2. The van der Waals surface area contributed by atoms with Crippen LogP contribution in [0, 0.1) is 11.7 Å². The topological polar surface area (TPSA) is 64.0 Å². The summed E-state index contributed by atoms with van der Waals surface area (Å²) in [6, 6.07) is 7.16. The molecule has 0 spiro atoms. The van der Waals surface area contributed by atoms with Crippen molar-refractivity contribution >= 4 is 23.4 Å². The first-order chi connectivity index (χ1) is 11.7. The Balaban J connectivity index is 1.78. The van der Waals surface area contributed by atoms with Crippen molar-refractivity contribution < 1.29 is 9.18 Å². The highest BCUT2D eigenvalue weighted by Gasteiger charge is 2.28. The van der Waals surface area contributed by atoms with E-state index in [9.17, 15) is 14.0 Å². The van der Waals surface area contributed by atoms with Crippen LogP contribution in [-0.4, -0.2) is 21.2 Å². The Morgan fingerprint density at radius 3 is 2.64 bits per heavy atom. The molecule has 2 heterocycles. The first-order valence-electron chi connectivity index (χ1n) is 8.05. The van der Waals surface area contributed by atoms with Gasteiger partial charge in [-0.05, 0) is 24.3 Å². The van der Waals surface area contributed by atoms with Gasteiger partial charge >= 0.3 is 0 Å². The second-order valence-corrected chi connectivity index (χ2v) is 8.11. The van der Waals surface area contributed by atoms with E-state index in [1.165, 1.54) is 36.0 Å². The van der Waals surface area contributed by atoms with Gasteiger partial charge in [0.25, 0.3) is 5.56 Å². The van der Waals surface area contributed by atoms with Crippen molar-refractivity contribution in [1.82, 2.24) is 9.55 Å². The summed E-state index contributed by atoms with van der Waals surface area (Å²) in [5.74, 6) is -0.334. The van der Waals surface area contributed by atoms with Crippen LogP contribution in [0.4, 0.5) is 10.1 Å². The number of carbonyl (C=O) groups is 1. The van der Waals surface area contributed by atoms with Gasteiger partial charge in [-0.25, -0.2) is 9.37 Å². The highest BCUT2D eigenvalue weighted by molar-refractivity contribution is 7.99. The number of thioether (sulfide) groups is 1. The molecule has 25 heavy (non-hydrogen) atoms. The van der Waals surface area contributed by atoms with Gasteiger partial charge in [0.1, 0.15) is 5.82 Å². The summed E-state index contributed by atoms with van der Waals surface area (Å²) in [4.78, 5) is 29.5. The van der Waals surface area contributed by atoms with Crippen molar-refractivity contribution in [2.24, 2.45) is 5.92 Å². The number of rotatable bonds is 2. The first kappa shape index (κ1) is 17.7. The molecule has 7 heteroatoms. The van der Waals surface area contributed by atoms with E-state index in [0.717, 1.165) is 5.69 Å². The molecule has 3 rings (SSSR count). The van der Waals surface area contributed by atoms with E-state index < -0.39 is 0 Å². The molecular weight excluding hydrogens is 341 g/mol. The lowest BCUT2D eigenvalue weighted by atomic mass is 9.92. The van der Waals surface area contributed by atoms with Gasteiger partial charge in [-0.1, -0.05) is 32.5 Å². The number of nitrogens with one attached hydrogen (secondary N) is 1. The van der Waals surface area contributed by atoms with Gasteiger partial charge in [0, 0.05) is 29.5 Å². The molecule has 0 bridgehead atoms. The fraction of sp³-hybridized carbons (Fsp3) is 0.389. The fourth-order valence-corrected chi connectivity index (χ4v) is 3.62. The Morgan fingerprint density at radius 1 is 1.32 bits per heavy atom. The first-order valence-corrected chi connectivity index (χ1v) is 9.04. The van der Waals surface area contributed by atoms with Crippen LogP contribution in [0.2, 0.25) is 0 Å². The number of hydrogen-bond donors (Lipinski definition) is 1. The van der Waals surface area contributed by atoms with E-state index in [-0.39, 0.29) is 28.6 Å². The van der Waals surface area contributed by atoms with E-state index in [4.69, 9.17) is 0 Å². The highest BCUT2D eigenvalue weighted by Crippen LogP contribution is 2.28. The Labute approximate surface area is 149 Å². The zero-order valence-corrected chi connectivity index (χ0v) is 15.2. The summed E-state index contributed by atoms with van der Waals surface area (Å²) in [5.41, 5.74) is 0.953. The molecule has 0 aliphatic carbocycles. The zero-order valence-electron chi connectivity index (χ0n) is 14.4. The molecule has 1 aliphatic heterocycles. The number of nitrogens with zero attached hydrogens (tertiary/aromatic N) is 2. The molecule has 1 amide bonds. The van der Waals surface area contributed by atoms with Gasteiger partial charge in [0.15, 0.2) is 5.16 Å². The quantitative estimate of drug-likeness (QED) is 0.835. The molecule has 1 aromatic carbocycles. The van der Waals surface area contributed by atoms with Gasteiger partial charge in [0.05, 0.1) is 11.6 Å². The predicted octanol–water partition coefficient (Wildman–Crippen LogP) is 3.04. The van der Waals surface area contributed by atoms with E-state index in [1.807, 2.05) is 20.8 Å². The number of hydrogen-bond acceptors (Lipinski definition) is 4. The lowest BCUT2D eigenvalue weighted by Gasteiger charge is -2.26. The molecule has 1 unspecified atom stereocenters. The van der Waals surface area contributed by atoms with Crippen molar-refractivity contribution in [2.75, 3.05) is 11.1 Å². The molecule has 1 aromatic heterocycles. The minimum Gasteiger partial charge on any atom is -0.326 e. The summed E-state index contributed by atoms with van der Waals surface area (Å²) >= 11 is 1.41. The maximum Gasteiger partial charge on any atom is 0.254 e. The lowest BCUT2D eigenvalue weighted by Crippen LogP contribution is -2.37.